The third-order valence-electron chi connectivity index (χ3n) is 3.09. The van der Waals surface area contributed by atoms with Gasteiger partial charge in [0.15, 0.2) is 0 Å². The van der Waals surface area contributed by atoms with Gasteiger partial charge < -0.3 is 15.2 Å². The second-order valence-electron chi connectivity index (χ2n) is 4.51. The topological polar surface area (TPSA) is 41.5 Å². The van der Waals surface area contributed by atoms with Crippen LogP contribution in [0.5, 0.6) is 0 Å². The van der Waals surface area contributed by atoms with Gasteiger partial charge in [0, 0.05) is 6.04 Å². The van der Waals surface area contributed by atoms with E-state index in [4.69, 9.17) is 4.74 Å². The molecule has 0 radical (unpaired) electrons. The molecule has 0 bridgehead atoms. The van der Waals surface area contributed by atoms with E-state index in [1.807, 2.05) is 0 Å². The monoisotopic (exact) mass is 221 g/mol. The number of ether oxygens (including phenoxy) is 1. The van der Waals surface area contributed by atoms with E-state index in [9.17, 15) is 5.11 Å². The van der Waals surface area contributed by atoms with Crippen molar-refractivity contribution < 1.29 is 9.84 Å². The predicted molar refractivity (Wildman–Crippen MR) is 63.3 cm³/mol. The average Bonchev–Trinajstić information content (AvgIpc) is 2.65. The molecule has 1 aliphatic heterocycles. The summed E-state index contributed by atoms with van der Waals surface area (Å²) >= 11 is 0. The first-order chi connectivity index (χ1) is 7.66. The molecular weight excluding hydrogens is 202 g/mol. The predicted octanol–water partition coefficient (Wildman–Crippen LogP) is 1.41. The third kappa shape index (κ3) is 2.61. The van der Waals surface area contributed by atoms with E-state index in [-0.39, 0.29) is 18.2 Å². The molecule has 1 fully saturated rings. The van der Waals surface area contributed by atoms with Crippen molar-refractivity contribution in [2.75, 3.05) is 13.2 Å². The number of nitrogens with one attached hydrogen (secondary N) is 1. The quantitative estimate of drug-likeness (QED) is 0.810. The van der Waals surface area contributed by atoms with Crippen molar-refractivity contribution in [1.29, 1.82) is 0 Å². The minimum atomic E-state index is -0.382. The van der Waals surface area contributed by atoms with Crippen LogP contribution in [0.25, 0.3) is 0 Å². The zero-order chi connectivity index (χ0) is 11.5. The van der Waals surface area contributed by atoms with E-state index in [1.54, 1.807) is 0 Å². The molecule has 2 rings (SSSR count). The first kappa shape index (κ1) is 11.6. The van der Waals surface area contributed by atoms with Crippen LogP contribution in [0.15, 0.2) is 24.3 Å². The van der Waals surface area contributed by atoms with Crippen molar-refractivity contribution in [3.8, 4) is 0 Å². The van der Waals surface area contributed by atoms with Gasteiger partial charge in [0.2, 0.25) is 0 Å². The SMILES string of the molecule is Cc1ccc([C@H](C)NC2COCC2O)cc1. The minimum Gasteiger partial charge on any atom is -0.389 e. The highest BCUT2D eigenvalue weighted by Crippen LogP contribution is 2.16. The van der Waals surface area contributed by atoms with Gasteiger partial charge in [-0.1, -0.05) is 29.8 Å². The Morgan fingerprint density at radius 2 is 2.00 bits per heavy atom. The smallest absolute Gasteiger partial charge is 0.0948 e. The summed E-state index contributed by atoms with van der Waals surface area (Å²) in [6, 6.07) is 8.74. The van der Waals surface area contributed by atoms with Crippen molar-refractivity contribution in [3.63, 3.8) is 0 Å². The van der Waals surface area contributed by atoms with Gasteiger partial charge in [-0.3, -0.25) is 0 Å². The Morgan fingerprint density at radius 1 is 1.31 bits per heavy atom. The fourth-order valence-corrected chi connectivity index (χ4v) is 1.97. The highest BCUT2D eigenvalue weighted by Gasteiger charge is 2.27. The number of aliphatic hydroxyl groups excluding tert-OH is 1. The molecule has 2 N–H and O–H groups in total. The lowest BCUT2D eigenvalue weighted by atomic mass is 10.1. The maximum Gasteiger partial charge on any atom is 0.0948 e. The second-order valence-corrected chi connectivity index (χ2v) is 4.51. The summed E-state index contributed by atoms with van der Waals surface area (Å²) in [5.74, 6) is 0. The van der Waals surface area contributed by atoms with E-state index in [1.165, 1.54) is 11.1 Å². The molecular formula is C13H19NO2. The van der Waals surface area contributed by atoms with Crippen LogP contribution in [-0.4, -0.2) is 30.5 Å². The van der Waals surface area contributed by atoms with Gasteiger partial charge in [-0.2, -0.15) is 0 Å². The second kappa shape index (κ2) is 4.95. The number of aryl methyl sites for hydroxylation is 1. The van der Waals surface area contributed by atoms with E-state index < -0.39 is 0 Å². The van der Waals surface area contributed by atoms with E-state index in [0.29, 0.717) is 13.2 Å². The molecule has 1 aliphatic rings. The molecule has 3 heteroatoms. The summed E-state index contributed by atoms with van der Waals surface area (Å²) in [5.41, 5.74) is 2.50. The van der Waals surface area contributed by atoms with Crippen molar-refractivity contribution >= 4 is 0 Å². The number of aliphatic hydroxyl groups is 1. The zero-order valence-corrected chi connectivity index (χ0v) is 9.81. The standard InChI is InChI=1S/C13H19NO2/c1-9-3-5-11(6-4-9)10(2)14-12-7-16-8-13(12)15/h3-6,10,12-15H,7-8H2,1-2H3/t10-,12?,13?/m0/s1. The summed E-state index contributed by atoms with van der Waals surface area (Å²) in [6.07, 6.45) is -0.382. The Labute approximate surface area is 96.4 Å². The molecule has 0 aliphatic carbocycles. The van der Waals surface area contributed by atoms with Gasteiger partial charge >= 0.3 is 0 Å². The van der Waals surface area contributed by atoms with E-state index in [2.05, 4.69) is 43.4 Å². The molecule has 1 aromatic carbocycles. The van der Waals surface area contributed by atoms with Crippen LogP contribution in [0.1, 0.15) is 24.1 Å². The lowest BCUT2D eigenvalue weighted by Gasteiger charge is -2.21. The summed E-state index contributed by atoms with van der Waals surface area (Å²) in [4.78, 5) is 0. The molecule has 1 saturated heterocycles. The van der Waals surface area contributed by atoms with Crippen LogP contribution in [0.3, 0.4) is 0 Å². The van der Waals surface area contributed by atoms with Gasteiger partial charge in [-0.25, -0.2) is 0 Å². The molecule has 3 atom stereocenters. The fourth-order valence-electron chi connectivity index (χ4n) is 1.97. The number of hydrogen-bond donors (Lipinski definition) is 2. The van der Waals surface area contributed by atoms with Gasteiger partial charge in [-0.05, 0) is 19.4 Å². The Kier molecular flexibility index (Phi) is 3.59. The highest BCUT2D eigenvalue weighted by atomic mass is 16.5. The van der Waals surface area contributed by atoms with Gasteiger partial charge in [0.05, 0.1) is 25.4 Å². The van der Waals surface area contributed by atoms with Crippen LogP contribution >= 0.6 is 0 Å². The van der Waals surface area contributed by atoms with Gasteiger partial charge in [-0.15, -0.1) is 0 Å². The summed E-state index contributed by atoms with van der Waals surface area (Å²) in [5, 5.41) is 13.0. The lowest BCUT2D eigenvalue weighted by Crippen LogP contribution is -2.40. The number of benzene rings is 1. The fraction of sp³-hybridized carbons (Fsp3) is 0.538. The van der Waals surface area contributed by atoms with Crippen molar-refractivity contribution in [1.82, 2.24) is 5.32 Å². The zero-order valence-electron chi connectivity index (χ0n) is 9.81. The third-order valence-corrected chi connectivity index (χ3v) is 3.09. The normalized spacial score (nSPS) is 26.9. The molecule has 0 amide bonds. The molecule has 2 unspecified atom stereocenters. The van der Waals surface area contributed by atoms with Crippen LogP contribution in [-0.2, 0) is 4.74 Å². The lowest BCUT2D eigenvalue weighted by molar-refractivity contribution is 0.121. The molecule has 3 nitrogen and oxygen atoms in total. The Morgan fingerprint density at radius 3 is 2.56 bits per heavy atom. The number of rotatable bonds is 3. The largest absolute Gasteiger partial charge is 0.389 e. The van der Waals surface area contributed by atoms with Crippen LogP contribution in [0, 0.1) is 6.92 Å². The molecule has 88 valence electrons. The van der Waals surface area contributed by atoms with Crippen molar-refractivity contribution in [3.05, 3.63) is 35.4 Å². The maximum absolute atomic E-state index is 9.64. The molecule has 16 heavy (non-hydrogen) atoms. The summed E-state index contributed by atoms with van der Waals surface area (Å²) in [7, 11) is 0. The molecule has 1 aromatic rings. The van der Waals surface area contributed by atoms with Crippen molar-refractivity contribution in [2.45, 2.75) is 32.0 Å². The Hall–Kier alpha value is -0.900. The minimum absolute atomic E-state index is 0.0521. The van der Waals surface area contributed by atoms with Crippen LogP contribution < -0.4 is 5.32 Å². The summed E-state index contributed by atoms with van der Waals surface area (Å²) in [6.45, 7) is 5.22. The highest BCUT2D eigenvalue weighted by molar-refractivity contribution is 5.23. The van der Waals surface area contributed by atoms with E-state index in [0.717, 1.165) is 0 Å². The van der Waals surface area contributed by atoms with Crippen LogP contribution in [0.2, 0.25) is 0 Å². The number of hydrogen-bond acceptors (Lipinski definition) is 3. The Bertz CT molecular complexity index is 336. The molecule has 0 spiro atoms. The van der Waals surface area contributed by atoms with E-state index >= 15 is 0 Å². The summed E-state index contributed by atoms with van der Waals surface area (Å²) < 4.78 is 5.21. The first-order valence-corrected chi connectivity index (χ1v) is 5.75. The maximum atomic E-state index is 9.64. The average molecular weight is 221 g/mol. The van der Waals surface area contributed by atoms with Gasteiger partial charge in [0.1, 0.15) is 0 Å². The van der Waals surface area contributed by atoms with Crippen molar-refractivity contribution in [2.24, 2.45) is 0 Å². The van der Waals surface area contributed by atoms with Crippen LogP contribution in [0.4, 0.5) is 0 Å². The first-order valence-electron chi connectivity index (χ1n) is 5.75. The molecule has 0 aromatic heterocycles. The molecule has 1 heterocycles. The Balaban J connectivity index is 1.97. The van der Waals surface area contributed by atoms with Gasteiger partial charge in [0.25, 0.3) is 0 Å². The molecule has 0 saturated carbocycles.